The number of rotatable bonds is 10. The molecule has 3 rings (SSSR count). The number of aliphatic hydroxyl groups is 1. The number of carbonyl (C=O) groups is 2. The first-order valence-electron chi connectivity index (χ1n) is 11.6. The van der Waals surface area contributed by atoms with Gasteiger partial charge in [0.25, 0.3) is 0 Å². The van der Waals surface area contributed by atoms with Gasteiger partial charge in [-0.2, -0.15) is 0 Å². The monoisotopic (exact) mass is 409 g/mol. The van der Waals surface area contributed by atoms with Crippen LogP contribution in [0.1, 0.15) is 72.6 Å². The van der Waals surface area contributed by atoms with Crippen molar-refractivity contribution in [2.24, 2.45) is 29.6 Å². The summed E-state index contributed by atoms with van der Waals surface area (Å²) in [5.74, 6) is 2.29. The van der Waals surface area contributed by atoms with Crippen LogP contribution in [0.4, 0.5) is 0 Å². The third kappa shape index (κ3) is 5.32. The Morgan fingerprint density at radius 3 is 2.31 bits per heavy atom. The van der Waals surface area contributed by atoms with Crippen molar-refractivity contribution < 1.29 is 24.2 Å². The third-order valence-electron chi connectivity index (χ3n) is 7.64. The fourth-order valence-electron chi connectivity index (χ4n) is 5.75. The quantitative estimate of drug-likeness (QED) is 0.540. The fraction of sp³-hybridized carbons (Fsp3) is 0.913. The zero-order valence-corrected chi connectivity index (χ0v) is 18.4. The summed E-state index contributed by atoms with van der Waals surface area (Å²) < 4.78 is 10.9. The van der Waals surface area contributed by atoms with Gasteiger partial charge in [-0.05, 0) is 88.5 Å². The van der Waals surface area contributed by atoms with Gasteiger partial charge in [0, 0.05) is 0 Å². The van der Waals surface area contributed by atoms with Crippen molar-refractivity contribution >= 4 is 11.9 Å². The van der Waals surface area contributed by atoms with E-state index < -0.39 is 6.04 Å². The van der Waals surface area contributed by atoms with Crippen LogP contribution in [-0.2, 0) is 19.1 Å². The van der Waals surface area contributed by atoms with Crippen LogP contribution in [0.3, 0.4) is 0 Å². The molecular weight excluding hydrogens is 370 g/mol. The molecule has 2 N–H and O–H groups in total. The van der Waals surface area contributed by atoms with Gasteiger partial charge in [0.05, 0.1) is 24.7 Å². The second-order valence-electron chi connectivity index (χ2n) is 9.66. The summed E-state index contributed by atoms with van der Waals surface area (Å²) in [5, 5.41) is 13.5. The third-order valence-corrected chi connectivity index (χ3v) is 7.64. The molecule has 3 aliphatic rings. The van der Waals surface area contributed by atoms with Crippen molar-refractivity contribution in [3.63, 3.8) is 0 Å². The van der Waals surface area contributed by atoms with Crippen LogP contribution in [-0.4, -0.2) is 47.9 Å². The number of hydrogen-bond donors (Lipinski definition) is 2. The summed E-state index contributed by atoms with van der Waals surface area (Å²) in [6, 6.07) is -0.664. The minimum Gasteiger partial charge on any atom is -0.463 e. The highest BCUT2D eigenvalue weighted by molar-refractivity contribution is 5.82. The molecule has 0 spiro atoms. The molecule has 2 bridgehead atoms. The maximum atomic E-state index is 12.6. The SMILES string of the molecule is CCC(C)OC(=O)CC(NCC1CC2C3CC(O)C(C3)C2C1)C(=O)OC(C)CC. The molecule has 3 fully saturated rings. The van der Waals surface area contributed by atoms with Crippen LogP contribution in [0, 0.1) is 29.6 Å². The summed E-state index contributed by atoms with van der Waals surface area (Å²) in [6.07, 6.45) is 5.51. The Morgan fingerprint density at radius 1 is 0.966 bits per heavy atom. The maximum absolute atomic E-state index is 12.6. The predicted molar refractivity (Wildman–Crippen MR) is 110 cm³/mol. The van der Waals surface area contributed by atoms with Gasteiger partial charge in [-0.15, -0.1) is 0 Å². The molecule has 0 aromatic heterocycles. The lowest BCUT2D eigenvalue weighted by Gasteiger charge is -2.28. The number of carbonyl (C=O) groups excluding carboxylic acids is 2. The van der Waals surface area contributed by atoms with Gasteiger partial charge in [0.15, 0.2) is 0 Å². The van der Waals surface area contributed by atoms with Crippen LogP contribution in [0.2, 0.25) is 0 Å². The molecule has 9 unspecified atom stereocenters. The average molecular weight is 410 g/mol. The highest BCUT2D eigenvalue weighted by Crippen LogP contribution is 2.59. The van der Waals surface area contributed by atoms with E-state index >= 15 is 0 Å². The molecule has 0 aliphatic heterocycles. The molecule has 0 heterocycles. The first kappa shape index (κ1) is 22.5. The zero-order chi connectivity index (χ0) is 21.1. The Morgan fingerprint density at radius 2 is 1.62 bits per heavy atom. The van der Waals surface area contributed by atoms with E-state index in [0.717, 1.165) is 38.0 Å². The van der Waals surface area contributed by atoms with Crippen LogP contribution < -0.4 is 5.32 Å². The number of ether oxygens (including phenoxy) is 2. The van der Waals surface area contributed by atoms with Gasteiger partial charge in [-0.1, -0.05) is 13.8 Å². The molecule has 166 valence electrons. The van der Waals surface area contributed by atoms with Crippen LogP contribution in [0.15, 0.2) is 0 Å². The first-order chi connectivity index (χ1) is 13.8. The van der Waals surface area contributed by atoms with Gasteiger partial charge in [0.1, 0.15) is 6.04 Å². The average Bonchev–Trinajstić information content (AvgIpc) is 3.35. The zero-order valence-electron chi connectivity index (χ0n) is 18.4. The summed E-state index contributed by atoms with van der Waals surface area (Å²) in [6.45, 7) is 8.37. The molecule has 0 aromatic carbocycles. The molecule has 9 atom stereocenters. The number of nitrogens with one attached hydrogen (secondary N) is 1. The van der Waals surface area contributed by atoms with Crippen molar-refractivity contribution in [2.45, 2.75) is 97.0 Å². The second kappa shape index (κ2) is 9.78. The molecular formula is C23H39NO5. The molecule has 0 aromatic rings. The maximum Gasteiger partial charge on any atom is 0.324 e. The van der Waals surface area contributed by atoms with Crippen LogP contribution >= 0.6 is 0 Å². The lowest BCUT2D eigenvalue weighted by atomic mass is 9.80. The Bertz CT molecular complexity index is 582. The van der Waals surface area contributed by atoms with E-state index in [1.165, 1.54) is 6.42 Å². The minimum absolute atomic E-state index is 0.00312. The largest absolute Gasteiger partial charge is 0.463 e. The molecule has 3 saturated carbocycles. The van der Waals surface area contributed by atoms with E-state index in [0.29, 0.717) is 30.2 Å². The lowest BCUT2D eigenvalue weighted by Crippen LogP contribution is -2.43. The van der Waals surface area contributed by atoms with E-state index in [4.69, 9.17) is 9.47 Å². The number of esters is 2. The Hall–Kier alpha value is -1.14. The molecule has 0 amide bonds. The second-order valence-corrected chi connectivity index (χ2v) is 9.66. The highest BCUT2D eigenvalue weighted by atomic mass is 16.6. The fourth-order valence-corrected chi connectivity index (χ4v) is 5.75. The topological polar surface area (TPSA) is 84.9 Å². The van der Waals surface area contributed by atoms with Gasteiger partial charge in [-0.25, -0.2) is 0 Å². The van der Waals surface area contributed by atoms with E-state index in [1.54, 1.807) is 0 Å². The molecule has 0 radical (unpaired) electrons. The number of hydrogen-bond acceptors (Lipinski definition) is 6. The molecule has 3 aliphatic carbocycles. The van der Waals surface area contributed by atoms with Crippen molar-refractivity contribution in [3.05, 3.63) is 0 Å². The predicted octanol–water partition coefficient (Wildman–Crippen LogP) is 3.06. The molecule has 6 heteroatoms. The van der Waals surface area contributed by atoms with E-state index in [2.05, 4.69) is 5.32 Å². The van der Waals surface area contributed by atoms with Crippen molar-refractivity contribution in [2.75, 3.05) is 6.54 Å². The number of fused-ring (bicyclic) bond motifs is 5. The molecule has 0 saturated heterocycles. The minimum atomic E-state index is -0.664. The summed E-state index contributed by atoms with van der Waals surface area (Å²) >= 11 is 0. The van der Waals surface area contributed by atoms with Gasteiger partial charge in [0.2, 0.25) is 0 Å². The van der Waals surface area contributed by atoms with Gasteiger partial charge >= 0.3 is 11.9 Å². The number of aliphatic hydroxyl groups excluding tert-OH is 1. The lowest BCUT2D eigenvalue weighted by molar-refractivity contribution is -0.157. The smallest absolute Gasteiger partial charge is 0.324 e. The summed E-state index contributed by atoms with van der Waals surface area (Å²) in [4.78, 5) is 24.9. The molecule has 29 heavy (non-hydrogen) atoms. The normalized spacial score (nSPS) is 35.8. The standard InChI is InChI=1S/C23H39NO5/c1-5-13(3)28-22(26)11-20(23(27)29-14(4)6-2)24-12-15-7-17-16-9-19(18(17)8-15)21(25)10-16/h13-21,24-25H,5-12H2,1-4H3. The van der Waals surface area contributed by atoms with Crippen molar-refractivity contribution in [1.29, 1.82) is 0 Å². The summed E-state index contributed by atoms with van der Waals surface area (Å²) in [7, 11) is 0. The van der Waals surface area contributed by atoms with Gasteiger partial charge in [-0.3, -0.25) is 9.59 Å². The Balaban J connectivity index is 1.54. The molecule has 6 nitrogen and oxygen atoms in total. The Kier molecular flexibility index (Phi) is 7.60. The van der Waals surface area contributed by atoms with Crippen molar-refractivity contribution in [3.8, 4) is 0 Å². The van der Waals surface area contributed by atoms with Crippen LogP contribution in [0.25, 0.3) is 0 Å². The Labute approximate surface area is 175 Å². The first-order valence-corrected chi connectivity index (χ1v) is 11.6. The highest BCUT2D eigenvalue weighted by Gasteiger charge is 2.55. The van der Waals surface area contributed by atoms with E-state index in [9.17, 15) is 14.7 Å². The summed E-state index contributed by atoms with van der Waals surface area (Å²) in [5.41, 5.74) is 0. The van der Waals surface area contributed by atoms with Gasteiger partial charge < -0.3 is 19.9 Å². The van der Waals surface area contributed by atoms with E-state index in [1.807, 2.05) is 27.7 Å². The van der Waals surface area contributed by atoms with Crippen LogP contribution in [0.5, 0.6) is 0 Å². The van der Waals surface area contributed by atoms with Crippen molar-refractivity contribution in [1.82, 2.24) is 5.32 Å². The van der Waals surface area contributed by atoms with E-state index in [-0.39, 0.29) is 36.7 Å².